The zero-order valence-corrected chi connectivity index (χ0v) is 8.28. The van der Waals surface area contributed by atoms with Gasteiger partial charge in [0.15, 0.2) is 0 Å². The van der Waals surface area contributed by atoms with Gasteiger partial charge in [0.25, 0.3) is 0 Å². The van der Waals surface area contributed by atoms with Crippen LogP contribution in [-0.4, -0.2) is 4.98 Å². The van der Waals surface area contributed by atoms with Crippen LogP contribution in [0.25, 0.3) is 10.9 Å². The lowest BCUT2D eigenvalue weighted by molar-refractivity contribution is 1.02. The van der Waals surface area contributed by atoms with Gasteiger partial charge >= 0.3 is 0 Å². The molecular formula is C9H8Cl2N2. The van der Waals surface area contributed by atoms with Gasteiger partial charge in [0.05, 0.1) is 15.6 Å². The number of halogens is 2. The standard InChI is InChI=1S/C9H8Cl2N2/c10-7-2-1-5-3-6(4-12)13-9(5)8(7)11/h1-3,13H,4,12H2. The highest BCUT2D eigenvalue weighted by Gasteiger charge is 2.06. The maximum atomic E-state index is 5.99. The van der Waals surface area contributed by atoms with Crippen molar-refractivity contribution in [1.82, 2.24) is 4.98 Å². The van der Waals surface area contributed by atoms with E-state index in [1.54, 1.807) is 6.07 Å². The largest absolute Gasteiger partial charge is 0.356 e. The maximum absolute atomic E-state index is 5.99. The third-order valence-electron chi connectivity index (χ3n) is 1.96. The molecule has 2 nitrogen and oxygen atoms in total. The van der Waals surface area contributed by atoms with Crippen LogP contribution < -0.4 is 5.73 Å². The average Bonchev–Trinajstić information content (AvgIpc) is 2.55. The third kappa shape index (κ3) is 1.41. The molecule has 0 fully saturated rings. The minimum absolute atomic E-state index is 0.475. The van der Waals surface area contributed by atoms with Crippen molar-refractivity contribution in [2.75, 3.05) is 0 Å². The van der Waals surface area contributed by atoms with Crippen LogP contribution in [0, 0.1) is 0 Å². The van der Waals surface area contributed by atoms with E-state index in [9.17, 15) is 0 Å². The second-order valence-corrected chi connectivity index (χ2v) is 3.61. The molecule has 0 unspecified atom stereocenters. The summed E-state index contributed by atoms with van der Waals surface area (Å²) in [6, 6.07) is 5.66. The van der Waals surface area contributed by atoms with E-state index in [-0.39, 0.29) is 0 Å². The van der Waals surface area contributed by atoms with Crippen LogP contribution in [0.15, 0.2) is 18.2 Å². The number of hydrogen-bond acceptors (Lipinski definition) is 1. The van der Waals surface area contributed by atoms with E-state index in [1.165, 1.54) is 0 Å². The Morgan fingerprint density at radius 3 is 2.77 bits per heavy atom. The molecule has 0 bridgehead atoms. The smallest absolute Gasteiger partial charge is 0.0833 e. The fourth-order valence-corrected chi connectivity index (χ4v) is 1.68. The number of fused-ring (bicyclic) bond motifs is 1. The lowest BCUT2D eigenvalue weighted by atomic mass is 10.2. The fraction of sp³-hybridized carbons (Fsp3) is 0.111. The van der Waals surface area contributed by atoms with Crippen LogP contribution in [-0.2, 0) is 6.54 Å². The molecule has 0 atom stereocenters. The van der Waals surface area contributed by atoms with Crippen LogP contribution in [0.3, 0.4) is 0 Å². The van der Waals surface area contributed by atoms with Crippen LogP contribution >= 0.6 is 23.2 Å². The van der Waals surface area contributed by atoms with Crippen molar-refractivity contribution < 1.29 is 0 Å². The summed E-state index contributed by atoms with van der Waals surface area (Å²) in [6.45, 7) is 0.475. The Bertz CT molecular complexity index is 448. The molecule has 0 aliphatic carbocycles. The number of nitrogens with one attached hydrogen (secondary N) is 1. The number of aromatic nitrogens is 1. The molecule has 0 saturated carbocycles. The first kappa shape index (κ1) is 8.88. The normalized spacial score (nSPS) is 11.0. The lowest BCUT2D eigenvalue weighted by Gasteiger charge is -1.95. The van der Waals surface area contributed by atoms with Crippen molar-refractivity contribution in [3.8, 4) is 0 Å². The highest BCUT2D eigenvalue weighted by Crippen LogP contribution is 2.30. The Morgan fingerprint density at radius 1 is 1.31 bits per heavy atom. The van der Waals surface area contributed by atoms with Crippen LogP contribution in [0.5, 0.6) is 0 Å². The topological polar surface area (TPSA) is 41.8 Å². The molecule has 1 heterocycles. The molecule has 0 radical (unpaired) electrons. The molecule has 1 aromatic heterocycles. The molecule has 2 aromatic rings. The SMILES string of the molecule is NCc1cc2ccc(Cl)c(Cl)c2[nH]1. The van der Waals surface area contributed by atoms with Gasteiger partial charge < -0.3 is 10.7 Å². The highest BCUT2D eigenvalue weighted by molar-refractivity contribution is 6.45. The van der Waals surface area contributed by atoms with E-state index in [1.807, 2.05) is 12.1 Å². The molecule has 0 aliphatic rings. The molecular weight excluding hydrogens is 207 g/mol. The molecule has 4 heteroatoms. The van der Waals surface area contributed by atoms with Gasteiger partial charge in [0.2, 0.25) is 0 Å². The van der Waals surface area contributed by atoms with Gasteiger partial charge in [-0.15, -0.1) is 0 Å². The predicted octanol–water partition coefficient (Wildman–Crippen LogP) is 2.93. The van der Waals surface area contributed by atoms with E-state index in [2.05, 4.69) is 4.98 Å². The Labute approximate surface area is 85.6 Å². The molecule has 0 amide bonds. The average molecular weight is 215 g/mol. The fourth-order valence-electron chi connectivity index (χ4n) is 1.31. The summed E-state index contributed by atoms with van der Waals surface area (Å²) in [5.74, 6) is 0. The van der Waals surface area contributed by atoms with Crippen molar-refractivity contribution in [2.45, 2.75) is 6.54 Å². The number of aromatic amines is 1. The van der Waals surface area contributed by atoms with Gasteiger partial charge in [0, 0.05) is 17.6 Å². The van der Waals surface area contributed by atoms with Gasteiger partial charge in [-0.1, -0.05) is 29.3 Å². The van der Waals surface area contributed by atoms with E-state index in [4.69, 9.17) is 28.9 Å². The quantitative estimate of drug-likeness (QED) is 0.754. The lowest BCUT2D eigenvalue weighted by Crippen LogP contribution is -1.95. The van der Waals surface area contributed by atoms with Crippen LogP contribution in [0.4, 0.5) is 0 Å². The van der Waals surface area contributed by atoms with Gasteiger partial charge in [-0.3, -0.25) is 0 Å². The van der Waals surface area contributed by atoms with E-state index in [0.29, 0.717) is 16.6 Å². The monoisotopic (exact) mass is 214 g/mol. The Balaban J connectivity index is 2.76. The summed E-state index contributed by atoms with van der Waals surface area (Å²) in [4.78, 5) is 3.11. The number of hydrogen-bond donors (Lipinski definition) is 2. The molecule has 68 valence electrons. The van der Waals surface area contributed by atoms with Gasteiger partial charge in [-0.25, -0.2) is 0 Å². The van der Waals surface area contributed by atoms with E-state index >= 15 is 0 Å². The van der Waals surface area contributed by atoms with Crippen molar-refractivity contribution in [2.24, 2.45) is 5.73 Å². The molecule has 0 saturated heterocycles. The second-order valence-electron chi connectivity index (χ2n) is 2.82. The summed E-state index contributed by atoms with van der Waals surface area (Å²) in [5.41, 5.74) is 7.31. The van der Waals surface area contributed by atoms with Gasteiger partial charge in [0.1, 0.15) is 0 Å². The Hall–Kier alpha value is -0.700. The minimum Gasteiger partial charge on any atom is -0.356 e. The Morgan fingerprint density at radius 2 is 2.08 bits per heavy atom. The first-order valence-electron chi connectivity index (χ1n) is 3.88. The van der Waals surface area contributed by atoms with Crippen LogP contribution in [0.2, 0.25) is 10.0 Å². The molecule has 1 aromatic carbocycles. The van der Waals surface area contributed by atoms with Crippen LogP contribution in [0.1, 0.15) is 5.69 Å². The predicted molar refractivity (Wildman–Crippen MR) is 56.2 cm³/mol. The first-order valence-corrected chi connectivity index (χ1v) is 4.63. The van der Waals surface area contributed by atoms with Crippen molar-refractivity contribution >= 4 is 34.1 Å². The highest BCUT2D eigenvalue weighted by atomic mass is 35.5. The maximum Gasteiger partial charge on any atom is 0.0833 e. The zero-order chi connectivity index (χ0) is 9.42. The summed E-state index contributed by atoms with van der Waals surface area (Å²) >= 11 is 11.8. The summed E-state index contributed by atoms with van der Waals surface area (Å²) in [7, 11) is 0. The zero-order valence-electron chi connectivity index (χ0n) is 6.77. The first-order chi connectivity index (χ1) is 6.22. The minimum atomic E-state index is 0.475. The van der Waals surface area contributed by atoms with Crippen molar-refractivity contribution in [1.29, 1.82) is 0 Å². The molecule has 3 N–H and O–H groups in total. The van der Waals surface area contributed by atoms with Crippen molar-refractivity contribution in [3.05, 3.63) is 33.9 Å². The van der Waals surface area contributed by atoms with E-state index < -0.39 is 0 Å². The van der Waals surface area contributed by atoms with Gasteiger partial charge in [-0.05, 0) is 12.1 Å². The number of benzene rings is 1. The molecule has 2 rings (SSSR count). The summed E-state index contributed by atoms with van der Waals surface area (Å²) in [6.07, 6.45) is 0. The third-order valence-corrected chi connectivity index (χ3v) is 2.77. The second kappa shape index (κ2) is 3.22. The summed E-state index contributed by atoms with van der Waals surface area (Å²) < 4.78 is 0. The summed E-state index contributed by atoms with van der Waals surface area (Å²) in [5, 5.41) is 2.15. The number of H-pyrrole nitrogens is 1. The number of rotatable bonds is 1. The molecule has 0 spiro atoms. The Kier molecular flexibility index (Phi) is 2.20. The van der Waals surface area contributed by atoms with Gasteiger partial charge in [-0.2, -0.15) is 0 Å². The molecule has 13 heavy (non-hydrogen) atoms. The number of nitrogens with two attached hydrogens (primary N) is 1. The molecule has 0 aliphatic heterocycles. The van der Waals surface area contributed by atoms with Crippen molar-refractivity contribution in [3.63, 3.8) is 0 Å². The van der Waals surface area contributed by atoms with E-state index in [0.717, 1.165) is 16.6 Å².